The lowest BCUT2D eigenvalue weighted by Gasteiger charge is -2.41. The van der Waals surface area contributed by atoms with E-state index in [2.05, 4.69) is 98.9 Å². The highest BCUT2D eigenvalue weighted by atomic mass is 32.2. The molecule has 204 valence electrons. The number of fused-ring (bicyclic) bond motifs is 1. The van der Waals surface area contributed by atoms with Gasteiger partial charge in [-0.2, -0.15) is 0 Å². The Morgan fingerprint density at radius 3 is 1.89 bits per heavy atom. The fourth-order valence-electron chi connectivity index (χ4n) is 6.94. The first-order valence-corrected chi connectivity index (χ1v) is 17.4. The molecular weight excluding hydrogens is 501 g/mol. The van der Waals surface area contributed by atoms with Crippen LogP contribution < -0.4 is 5.30 Å². The molecule has 0 bridgehead atoms. The highest BCUT2D eigenvalue weighted by Crippen LogP contribution is 2.56. The van der Waals surface area contributed by atoms with Crippen LogP contribution in [0.3, 0.4) is 0 Å². The van der Waals surface area contributed by atoms with Crippen LogP contribution in [-0.4, -0.2) is 31.6 Å². The van der Waals surface area contributed by atoms with Crippen LogP contribution in [0.5, 0.6) is 0 Å². The van der Waals surface area contributed by atoms with E-state index in [4.69, 9.17) is 0 Å². The van der Waals surface area contributed by atoms with Gasteiger partial charge in [0.25, 0.3) is 0 Å². The Morgan fingerprint density at radius 2 is 1.26 bits per heavy atom. The largest absolute Gasteiger partial charge is 0.242 e. The van der Waals surface area contributed by atoms with E-state index >= 15 is 0 Å². The molecule has 2 nitrogen and oxygen atoms in total. The van der Waals surface area contributed by atoms with Crippen molar-refractivity contribution in [2.45, 2.75) is 107 Å². The molecule has 0 heterocycles. The van der Waals surface area contributed by atoms with Gasteiger partial charge in [0.1, 0.15) is 11.0 Å². The topological polar surface area (TPSA) is 20.3 Å². The zero-order chi connectivity index (χ0) is 26.7. The average molecular weight is 548 g/mol. The van der Waals surface area contributed by atoms with Crippen molar-refractivity contribution in [1.29, 1.82) is 0 Å². The summed E-state index contributed by atoms with van der Waals surface area (Å²) >= 11 is 0. The van der Waals surface area contributed by atoms with E-state index < -0.39 is 11.0 Å². The van der Waals surface area contributed by atoms with Crippen molar-refractivity contribution in [3.05, 3.63) is 77.9 Å². The maximum atomic E-state index is 14.0. The summed E-state index contributed by atoms with van der Waals surface area (Å²) in [6.07, 6.45) is 13.9. The third-order valence-electron chi connectivity index (χ3n) is 8.71. The van der Waals surface area contributed by atoms with E-state index in [1.807, 2.05) is 0 Å². The molecule has 2 saturated carbocycles. The first-order valence-electron chi connectivity index (χ1n) is 14.9. The summed E-state index contributed by atoms with van der Waals surface area (Å²) in [7, 11) is 0.668. The second-order valence-corrected chi connectivity index (χ2v) is 17.5. The van der Waals surface area contributed by atoms with Crippen molar-refractivity contribution >= 4 is 35.0 Å². The number of rotatable bonds is 7. The summed E-state index contributed by atoms with van der Waals surface area (Å²) in [4.78, 5) is 0. The summed E-state index contributed by atoms with van der Waals surface area (Å²) in [5.41, 5.74) is 4.33. The van der Waals surface area contributed by atoms with Crippen LogP contribution in [0.25, 0.3) is 10.8 Å². The van der Waals surface area contributed by atoms with Gasteiger partial charge in [0.15, 0.2) is 0 Å². The van der Waals surface area contributed by atoms with E-state index in [-0.39, 0.29) is 18.7 Å². The Bertz CT molecular complexity index is 1220. The molecule has 0 amide bonds. The molecule has 38 heavy (non-hydrogen) atoms. The van der Waals surface area contributed by atoms with Gasteiger partial charge < -0.3 is 0 Å². The van der Waals surface area contributed by atoms with Crippen molar-refractivity contribution in [2.24, 2.45) is 0 Å². The maximum Gasteiger partial charge on any atom is 0.100 e. The smallest absolute Gasteiger partial charge is 0.100 e. The molecule has 5 rings (SSSR count). The SMILES string of the molecule is CN([C@H](c1ccccc1P(C1CCCCC1)C1CCCCC1)c1cccc2ccccc12)[S@](=O)C(C)(C)C. The van der Waals surface area contributed by atoms with E-state index in [9.17, 15) is 4.21 Å². The van der Waals surface area contributed by atoms with Crippen molar-refractivity contribution in [3.63, 3.8) is 0 Å². The lowest BCUT2D eigenvalue weighted by Crippen LogP contribution is -2.39. The van der Waals surface area contributed by atoms with Gasteiger partial charge in [0, 0.05) is 7.05 Å². The maximum absolute atomic E-state index is 14.0. The van der Waals surface area contributed by atoms with Crippen molar-refractivity contribution < 1.29 is 4.21 Å². The minimum absolute atomic E-state index is 0.0467. The minimum atomic E-state index is -1.15. The summed E-state index contributed by atoms with van der Waals surface area (Å²) in [6.45, 7) is 6.30. The molecule has 0 N–H and O–H groups in total. The summed E-state index contributed by atoms with van der Waals surface area (Å²) in [5.74, 6) is 0. The Morgan fingerprint density at radius 1 is 0.737 bits per heavy atom. The summed E-state index contributed by atoms with van der Waals surface area (Å²) < 4.78 is 15.9. The average Bonchev–Trinajstić information content (AvgIpc) is 2.94. The Kier molecular flexibility index (Phi) is 9.08. The number of nitrogens with zero attached hydrogens (tertiary/aromatic N) is 1. The second kappa shape index (κ2) is 12.3. The van der Waals surface area contributed by atoms with Crippen molar-refractivity contribution in [2.75, 3.05) is 7.05 Å². The van der Waals surface area contributed by atoms with Gasteiger partial charge in [-0.05, 0) is 85.0 Å². The zero-order valence-corrected chi connectivity index (χ0v) is 25.6. The summed E-state index contributed by atoms with van der Waals surface area (Å²) in [5, 5.41) is 4.12. The lowest BCUT2D eigenvalue weighted by atomic mass is 9.93. The van der Waals surface area contributed by atoms with Gasteiger partial charge in [-0.1, -0.05) is 113 Å². The predicted octanol–water partition coefficient (Wildman–Crippen LogP) is 9.10. The number of hydrogen-bond donors (Lipinski definition) is 0. The van der Waals surface area contributed by atoms with Crippen LogP contribution in [0.1, 0.15) is 102 Å². The standard InChI is InChI=1S/C34H46NOPS/c1-34(2,3)38(36)35(4)33(30-24-15-17-26-16-11-12-22-29(26)30)31-23-13-14-25-32(31)37(27-18-7-5-8-19-27)28-20-9-6-10-21-28/h11-17,22-25,27-28,33H,5-10,18-21H2,1-4H3/t33-,38+/m0/s1. The third-order valence-corrected chi connectivity index (χ3v) is 14.1. The summed E-state index contributed by atoms with van der Waals surface area (Å²) in [6, 6.07) is 24.7. The zero-order valence-electron chi connectivity index (χ0n) is 23.9. The highest BCUT2D eigenvalue weighted by molar-refractivity contribution is 7.84. The van der Waals surface area contributed by atoms with Gasteiger partial charge in [-0.25, -0.2) is 8.51 Å². The first kappa shape index (κ1) is 28.0. The van der Waals surface area contributed by atoms with Gasteiger partial charge >= 0.3 is 0 Å². The first-order chi connectivity index (χ1) is 18.4. The molecule has 2 fully saturated rings. The normalized spacial score (nSPS) is 19.7. The molecular formula is C34H46NOPS. The van der Waals surface area contributed by atoms with Gasteiger partial charge in [-0.15, -0.1) is 0 Å². The van der Waals surface area contributed by atoms with Gasteiger partial charge in [0.05, 0.1) is 10.8 Å². The molecule has 4 heteroatoms. The molecule has 2 aliphatic carbocycles. The lowest BCUT2D eigenvalue weighted by molar-refractivity contribution is 0.443. The van der Waals surface area contributed by atoms with Crippen LogP contribution in [-0.2, 0) is 11.0 Å². The monoisotopic (exact) mass is 547 g/mol. The molecule has 0 radical (unpaired) electrons. The van der Waals surface area contributed by atoms with Crippen LogP contribution in [0, 0.1) is 0 Å². The van der Waals surface area contributed by atoms with Crippen LogP contribution in [0.2, 0.25) is 0 Å². The molecule has 0 aromatic heterocycles. The Hall–Kier alpha value is -1.54. The van der Waals surface area contributed by atoms with E-state index in [0.29, 0.717) is 0 Å². The van der Waals surface area contributed by atoms with Crippen LogP contribution >= 0.6 is 7.92 Å². The molecule has 0 saturated heterocycles. The fraction of sp³-hybridized carbons (Fsp3) is 0.529. The van der Waals surface area contributed by atoms with Crippen LogP contribution in [0.4, 0.5) is 0 Å². The fourth-order valence-corrected chi connectivity index (χ4v) is 12.2. The van der Waals surface area contributed by atoms with Crippen molar-refractivity contribution in [1.82, 2.24) is 4.31 Å². The van der Waals surface area contributed by atoms with E-state index in [1.165, 1.54) is 86.1 Å². The van der Waals surface area contributed by atoms with Crippen molar-refractivity contribution in [3.8, 4) is 0 Å². The van der Waals surface area contributed by atoms with Gasteiger partial charge in [-0.3, -0.25) is 0 Å². The molecule has 0 spiro atoms. The van der Waals surface area contributed by atoms with E-state index in [0.717, 1.165) is 11.3 Å². The second-order valence-electron chi connectivity index (χ2n) is 12.4. The molecule has 2 aliphatic rings. The third kappa shape index (κ3) is 5.96. The van der Waals surface area contributed by atoms with Gasteiger partial charge in [0.2, 0.25) is 0 Å². The molecule has 0 aliphatic heterocycles. The predicted molar refractivity (Wildman–Crippen MR) is 168 cm³/mol. The van der Waals surface area contributed by atoms with E-state index in [1.54, 1.807) is 5.30 Å². The Labute approximate surface area is 234 Å². The number of hydrogen-bond acceptors (Lipinski definition) is 1. The highest BCUT2D eigenvalue weighted by Gasteiger charge is 2.37. The molecule has 0 unspecified atom stereocenters. The molecule has 3 aromatic carbocycles. The minimum Gasteiger partial charge on any atom is -0.242 e. The number of benzene rings is 3. The quantitative estimate of drug-likeness (QED) is 0.270. The Balaban J connectivity index is 1.69. The van der Waals surface area contributed by atoms with Crippen LogP contribution in [0.15, 0.2) is 66.7 Å². The molecule has 3 aromatic rings. The molecule has 2 atom stereocenters.